The Balaban J connectivity index is 0.00000243. The zero-order valence-corrected chi connectivity index (χ0v) is 18.2. The predicted molar refractivity (Wildman–Crippen MR) is 120 cm³/mol. The van der Waals surface area contributed by atoms with Crippen LogP contribution in [-0.2, 0) is 11.2 Å². The number of H-pyrrole nitrogens is 1. The number of benzene rings is 1. The fourth-order valence-electron chi connectivity index (χ4n) is 3.04. The molecule has 5 nitrogen and oxygen atoms in total. The van der Waals surface area contributed by atoms with Gasteiger partial charge in [0.15, 0.2) is 5.96 Å². The smallest absolute Gasteiger partial charge is 0.193 e. The minimum absolute atomic E-state index is 0. The second kappa shape index (κ2) is 10.8. The molecule has 3 rings (SSSR count). The summed E-state index contributed by atoms with van der Waals surface area (Å²) in [5.41, 5.74) is 2.60. The molecular formula is C20H31IN4O. The lowest BCUT2D eigenvalue weighted by atomic mass is 10.1. The Hall–Kier alpha value is -1.28. The third kappa shape index (κ3) is 6.16. The number of aromatic amines is 1. The number of likely N-dealkylation sites (N-methyl/N-ethyl adjacent to an activating group) is 1. The molecule has 0 unspecified atom stereocenters. The topological polar surface area (TPSA) is 52.7 Å². The van der Waals surface area contributed by atoms with Gasteiger partial charge in [0.2, 0.25) is 0 Å². The van der Waals surface area contributed by atoms with E-state index >= 15 is 0 Å². The average molecular weight is 470 g/mol. The van der Waals surface area contributed by atoms with E-state index < -0.39 is 0 Å². The van der Waals surface area contributed by atoms with Gasteiger partial charge in [-0.2, -0.15) is 0 Å². The predicted octanol–water partition coefficient (Wildman–Crippen LogP) is 3.65. The number of ether oxygens (including phenoxy) is 1. The van der Waals surface area contributed by atoms with Gasteiger partial charge in [0.05, 0.1) is 6.61 Å². The van der Waals surface area contributed by atoms with E-state index in [2.05, 4.69) is 57.7 Å². The number of aryl methyl sites for hydroxylation is 1. The van der Waals surface area contributed by atoms with Crippen LogP contribution in [0.5, 0.6) is 0 Å². The third-order valence-electron chi connectivity index (χ3n) is 4.78. The lowest BCUT2D eigenvalue weighted by molar-refractivity contribution is 0.115. The molecule has 26 heavy (non-hydrogen) atoms. The molecule has 6 heteroatoms. The minimum Gasteiger partial charge on any atom is -0.379 e. The molecular weight excluding hydrogens is 439 g/mol. The van der Waals surface area contributed by atoms with E-state index in [1.165, 1.54) is 29.3 Å². The van der Waals surface area contributed by atoms with Gasteiger partial charge in [-0.3, -0.25) is 4.99 Å². The normalized spacial score (nSPS) is 14.3. The number of fused-ring (bicyclic) bond motifs is 1. The van der Waals surface area contributed by atoms with Crippen LogP contribution in [0.3, 0.4) is 0 Å². The van der Waals surface area contributed by atoms with Gasteiger partial charge in [-0.1, -0.05) is 18.2 Å². The van der Waals surface area contributed by atoms with Crippen LogP contribution in [-0.4, -0.2) is 56.2 Å². The Labute approximate surface area is 173 Å². The molecule has 0 saturated heterocycles. The second-order valence-corrected chi connectivity index (χ2v) is 6.88. The number of guanidine groups is 1. The standard InChI is InChI=1S/C20H30N4O.HI/c1-21-20(24(2)12-13-25-15-16-9-10-16)22-11-5-6-17-14-23-19-8-4-3-7-18(17)19;/h3-4,7-8,14,16,23H,5-6,9-13,15H2,1-2H3,(H,21,22);1H. The van der Waals surface area contributed by atoms with Gasteiger partial charge < -0.3 is 19.9 Å². The van der Waals surface area contributed by atoms with Crippen molar-refractivity contribution in [3.05, 3.63) is 36.0 Å². The fourth-order valence-corrected chi connectivity index (χ4v) is 3.04. The van der Waals surface area contributed by atoms with Crippen LogP contribution in [0.2, 0.25) is 0 Å². The van der Waals surface area contributed by atoms with Crippen molar-refractivity contribution in [1.29, 1.82) is 0 Å². The molecule has 0 spiro atoms. The van der Waals surface area contributed by atoms with Crippen LogP contribution in [0.25, 0.3) is 10.9 Å². The number of halogens is 1. The van der Waals surface area contributed by atoms with Crippen molar-refractivity contribution in [1.82, 2.24) is 15.2 Å². The van der Waals surface area contributed by atoms with Crippen LogP contribution in [0.1, 0.15) is 24.8 Å². The van der Waals surface area contributed by atoms with Crippen molar-refractivity contribution in [3.63, 3.8) is 0 Å². The van der Waals surface area contributed by atoms with Crippen molar-refractivity contribution < 1.29 is 4.74 Å². The molecule has 0 aliphatic heterocycles. The summed E-state index contributed by atoms with van der Waals surface area (Å²) in [4.78, 5) is 9.85. The zero-order chi connectivity index (χ0) is 17.5. The number of aromatic nitrogens is 1. The summed E-state index contributed by atoms with van der Waals surface area (Å²) < 4.78 is 5.71. The summed E-state index contributed by atoms with van der Waals surface area (Å²) in [6.45, 7) is 3.47. The Morgan fingerprint density at radius 3 is 2.92 bits per heavy atom. The maximum Gasteiger partial charge on any atom is 0.193 e. The summed E-state index contributed by atoms with van der Waals surface area (Å²) in [5.74, 6) is 1.77. The van der Waals surface area contributed by atoms with Gasteiger partial charge in [0, 0.05) is 50.9 Å². The van der Waals surface area contributed by atoms with Gasteiger partial charge >= 0.3 is 0 Å². The summed E-state index contributed by atoms with van der Waals surface area (Å²) in [6.07, 6.45) is 6.95. The lowest BCUT2D eigenvalue weighted by Crippen LogP contribution is -2.41. The first-order valence-electron chi connectivity index (χ1n) is 9.32. The highest BCUT2D eigenvalue weighted by Crippen LogP contribution is 2.28. The average Bonchev–Trinajstić information content (AvgIpc) is 3.37. The number of nitrogens with zero attached hydrogens (tertiary/aromatic N) is 2. The molecule has 0 atom stereocenters. The third-order valence-corrected chi connectivity index (χ3v) is 4.78. The molecule has 0 bridgehead atoms. The second-order valence-electron chi connectivity index (χ2n) is 6.88. The van der Waals surface area contributed by atoms with Crippen molar-refractivity contribution in [2.45, 2.75) is 25.7 Å². The Morgan fingerprint density at radius 1 is 1.35 bits per heavy atom. The summed E-state index contributed by atoms with van der Waals surface area (Å²) in [7, 11) is 3.90. The molecule has 2 N–H and O–H groups in total. The minimum atomic E-state index is 0. The first-order valence-corrected chi connectivity index (χ1v) is 9.32. The Bertz CT molecular complexity index is 696. The van der Waals surface area contributed by atoms with E-state index in [4.69, 9.17) is 4.74 Å². The number of aliphatic imine (C=N–C) groups is 1. The first kappa shape index (κ1) is 21.0. The van der Waals surface area contributed by atoms with Gasteiger partial charge in [0.1, 0.15) is 0 Å². The first-order chi connectivity index (χ1) is 12.3. The van der Waals surface area contributed by atoms with Gasteiger partial charge in [-0.25, -0.2) is 0 Å². The lowest BCUT2D eigenvalue weighted by Gasteiger charge is -2.22. The molecule has 1 heterocycles. The van der Waals surface area contributed by atoms with Crippen LogP contribution in [0, 0.1) is 5.92 Å². The molecule has 144 valence electrons. The van der Waals surface area contributed by atoms with Crippen molar-refractivity contribution in [2.24, 2.45) is 10.9 Å². The zero-order valence-electron chi connectivity index (χ0n) is 15.8. The fraction of sp³-hybridized carbons (Fsp3) is 0.550. The van der Waals surface area contributed by atoms with E-state index in [9.17, 15) is 0 Å². The molecule has 1 aliphatic rings. The van der Waals surface area contributed by atoms with Gasteiger partial charge in [-0.15, -0.1) is 24.0 Å². The van der Waals surface area contributed by atoms with Crippen LogP contribution < -0.4 is 5.32 Å². The molecule has 2 aromatic rings. The maximum atomic E-state index is 5.71. The molecule has 0 radical (unpaired) electrons. The van der Waals surface area contributed by atoms with Crippen LogP contribution in [0.15, 0.2) is 35.5 Å². The van der Waals surface area contributed by atoms with Crippen LogP contribution >= 0.6 is 24.0 Å². The Kier molecular flexibility index (Phi) is 8.71. The monoisotopic (exact) mass is 470 g/mol. The molecule has 1 saturated carbocycles. The largest absolute Gasteiger partial charge is 0.379 e. The molecule has 1 aromatic carbocycles. The van der Waals surface area contributed by atoms with Crippen molar-refractivity contribution in [3.8, 4) is 0 Å². The summed E-state index contributed by atoms with van der Waals surface area (Å²) in [5, 5.41) is 4.78. The van der Waals surface area contributed by atoms with E-state index in [0.717, 1.165) is 51.0 Å². The SMILES string of the molecule is CN=C(NCCCc1c[nH]c2ccccc12)N(C)CCOCC1CC1.I. The van der Waals surface area contributed by atoms with Crippen molar-refractivity contribution in [2.75, 3.05) is 40.4 Å². The number of hydrogen-bond donors (Lipinski definition) is 2. The molecule has 1 aromatic heterocycles. The molecule has 1 fully saturated rings. The van der Waals surface area contributed by atoms with Crippen LogP contribution in [0.4, 0.5) is 0 Å². The quantitative estimate of drug-likeness (QED) is 0.255. The van der Waals surface area contributed by atoms with E-state index in [-0.39, 0.29) is 24.0 Å². The van der Waals surface area contributed by atoms with Gasteiger partial charge in [-0.05, 0) is 43.2 Å². The number of rotatable bonds is 9. The summed E-state index contributed by atoms with van der Waals surface area (Å²) in [6, 6.07) is 8.47. The maximum absolute atomic E-state index is 5.71. The van der Waals surface area contributed by atoms with E-state index in [1.54, 1.807) is 0 Å². The number of nitrogens with one attached hydrogen (secondary N) is 2. The Morgan fingerprint density at radius 2 is 2.15 bits per heavy atom. The highest BCUT2D eigenvalue weighted by molar-refractivity contribution is 14.0. The highest BCUT2D eigenvalue weighted by atomic mass is 127. The van der Waals surface area contributed by atoms with Crippen molar-refractivity contribution >= 4 is 40.8 Å². The van der Waals surface area contributed by atoms with E-state index in [1.807, 2.05) is 7.05 Å². The molecule has 1 aliphatic carbocycles. The summed E-state index contributed by atoms with van der Waals surface area (Å²) >= 11 is 0. The van der Waals surface area contributed by atoms with E-state index in [0.29, 0.717) is 0 Å². The highest BCUT2D eigenvalue weighted by Gasteiger charge is 2.21. The van der Waals surface area contributed by atoms with Gasteiger partial charge in [0.25, 0.3) is 0 Å². The number of para-hydroxylation sites is 1. The number of hydrogen-bond acceptors (Lipinski definition) is 2. The molecule has 0 amide bonds.